The fraction of sp³-hybridized carbons (Fsp3) is 0.200. The summed E-state index contributed by atoms with van der Waals surface area (Å²) in [5, 5.41) is 19.8. The average molecular weight is 491 g/mol. The fourth-order valence-corrected chi connectivity index (χ4v) is 6.24. The molecule has 1 aliphatic heterocycles. The van der Waals surface area contributed by atoms with Crippen molar-refractivity contribution >= 4 is 29.2 Å². The number of nitrogens with zero attached hydrogens (tertiary/aromatic N) is 2. The molecule has 2 atom stereocenters. The third-order valence-corrected chi connectivity index (χ3v) is 7.68. The van der Waals surface area contributed by atoms with Gasteiger partial charge in [0.1, 0.15) is 11.8 Å². The minimum Gasteiger partial charge on any atom is -0.506 e. The van der Waals surface area contributed by atoms with Gasteiger partial charge in [-0.05, 0) is 53.4 Å². The standard InChI is InChI=1S/C30H22N2O5/c1-2-37-30(36)22(15-31)27(33)16-11-13-17(14-12-16)32-28(34)25-23-18-7-3-4-8-19(18)24(26(25)29(32)35)21-10-6-5-9-20(21)23/h3-14,23-26,33H,2H2,1H3/b27-22-. The number of esters is 1. The van der Waals surface area contributed by atoms with Gasteiger partial charge in [0.15, 0.2) is 5.57 Å². The molecule has 1 heterocycles. The van der Waals surface area contributed by atoms with E-state index < -0.39 is 29.1 Å². The number of amides is 2. The SMILES string of the molecule is CCOC(=O)/C(C#N)=C(\O)c1ccc(N2C(=O)C3C4c5ccccc5C(c5ccccc54)C3C2=O)cc1. The van der Waals surface area contributed by atoms with Crippen LogP contribution in [0.3, 0.4) is 0 Å². The number of hydrogen-bond donors (Lipinski definition) is 1. The summed E-state index contributed by atoms with van der Waals surface area (Å²) >= 11 is 0. The Bertz CT molecular complexity index is 1430. The van der Waals surface area contributed by atoms with Crippen molar-refractivity contribution in [2.75, 3.05) is 11.5 Å². The lowest BCUT2D eigenvalue weighted by atomic mass is 9.55. The fourth-order valence-electron chi connectivity index (χ4n) is 6.24. The summed E-state index contributed by atoms with van der Waals surface area (Å²) in [5.74, 6) is -3.32. The third-order valence-electron chi connectivity index (χ3n) is 7.68. The van der Waals surface area contributed by atoms with Gasteiger partial charge in [0.25, 0.3) is 0 Å². The van der Waals surface area contributed by atoms with E-state index in [0.29, 0.717) is 5.69 Å². The van der Waals surface area contributed by atoms with E-state index in [9.17, 15) is 24.8 Å². The van der Waals surface area contributed by atoms with Crippen molar-refractivity contribution in [2.24, 2.45) is 11.8 Å². The van der Waals surface area contributed by atoms with Gasteiger partial charge in [0.2, 0.25) is 11.8 Å². The second-order valence-corrected chi connectivity index (χ2v) is 9.38. The van der Waals surface area contributed by atoms with E-state index in [1.54, 1.807) is 25.1 Å². The molecule has 1 N–H and O–H groups in total. The molecule has 7 heteroatoms. The summed E-state index contributed by atoms with van der Waals surface area (Å²) in [6.45, 7) is 1.66. The first-order valence-electron chi connectivity index (χ1n) is 12.1. The van der Waals surface area contributed by atoms with E-state index in [1.807, 2.05) is 24.3 Å². The first kappa shape index (κ1) is 22.7. The Morgan fingerprint density at radius 1 is 0.865 bits per heavy atom. The van der Waals surface area contributed by atoms with E-state index in [-0.39, 0.29) is 35.8 Å². The molecule has 0 radical (unpaired) electrons. The highest BCUT2D eigenvalue weighted by molar-refractivity contribution is 6.23. The van der Waals surface area contributed by atoms with Crippen molar-refractivity contribution in [2.45, 2.75) is 18.8 Å². The van der Waals surface area contributed by atoms with Gasteiger partial charge in [-0.15, -0.1) is 0 Å². The third kappa shape index (κ3) is 3.15. The molecule has 182 valence electrons. The Balaban J connectivity index is 1.39. The number of benzene rings is 3. The highest BCUT2D eigenvalue weighted by atomic mass is 16.5. The van der Waals surface area contributed by atoms with Gasteiger partial charge in [-0.1, -0.05) is 48.5 Å². The molecule has 4 aliphatic rings. The number of carbonyl (C=O) groups is 3. The second kappa shape index (κ2) is 8.45. The molecule has 0 saturated carbocycles. The topological polar surface area (TPSA) is 108 Å². The van der Waals surface area contributed by atoms with Crippen molar-refractivity contribution in [3.8, 4) is 6.07 Å². The second-order valence-electron chi connectivity index (χ2n) is 9.38. The smallest absolute Gasteiger partial charge is 0.352 e. The Labute approximate surface area is 213 Å². The number of ether oxygens (including phenoxy) is 1. The highest BCUT2D eigenvalue weighted by Gasteiger charge is 2.61. The van der Waals surface area contributed by atoms with Crippen LogP contribution >= 0.6 is 0 Å². The molecule has 2 bridgehead atoms. The van der Waals surface area contributed by atoms with Gasteiger partial charge in [0.05, 0.1) is 24.1 Å². The van der Waals surface area contributed by atoms with Crippen LogP contribution in [0.4, 0.5) is 5.69 Å². The van der Waals surface area contributed by atoms with E-state index in [1.165, 1.54) is 17.0 Å². The summed E-state index contributed by atoms with van der Waals surface area (Å²) in [6.07, 6.45) is 0. The molecular weight excluding hydrogens is 468 g/mol. The van der Waals surface area contributed by atoms with E-state index in [4.69, 9.17) is 4.74 Å². The summed E-state index contributed by atoms with van der Waals surface area (Å²) in [7, 11) is 0. The van der Waals surface area contributed by atoms with Crippen molar-refractivity contribution in [3.05, 3.63) is 106 Å². The van der Waals surface area contributed by atoms with Crippen LogP contribution in [-0.4, -0.2) is 29.5 Å². The van der Waals surface area contributed by atoms with Crippen LogP contribution in [0.25, 0.3) is 5.76 Å². The zero-order chi connectivity index (χ0) is 25.8. The van der Waals surface area contributed by atoms with Crippen molar-refractivity contribution in [1.29, 1.82) is 5.26 Å². The largest absolute Gasteiger partial charge is 0.506 e. The minimum absolute atomic E-state index is 0.0630. The van der Waals surface area contributed by atoms with Gasteiger partial charge >= 0.3 is 5.97 Å². The maximum atomic E-state index is 13.8. The van der Waals surface area contributed by atoms with Crippen molar-refractivity contribution < 1.29 is 24.2 Å². The number of aliphatic hydroxyl groups excluding tert-OH is 1. The van der Waals surface area contributed by atoms with Crippen LogP contribution in [0.15, 0.2) is 78.4 Å². The number of imide groups is 1. The van der Waals surface area contributed by atoms with Crippen molar-refractivity contribution in [3.63, 3.8) is 0 Å². The van der Waals surface area contributed by atoms with Gasteiger partial charge in [-0.25, -0.2) is 9.69 Å². The maximum Gasteiger partial charge on any atom is 0.352 e. The lowest BCUT2D eigenvalue weighted by molar-refractivity contribution is -0.138. The Morgan fingerprint density at radius 2 is 1.32 bits per heavy atom. The van der Waals surface area contributed by atoms with Crippen LogP contribution in [-0.2, 0) is 19.1 Å². The van der Waals surface area contributed by atoms with Gasteiger partial charge < -0.3 is 9.84 Å². The first-order valence-corrected chi connectivity index (χ1v) is 12.1. The predicted octanol–water partition coefficient (Wildman–Crippen LogP) is 4.44. The van der Waals surface area contributed by atoms with E-state index >= 15 is 0 Å². The molecule has 1 fully saturated rings. The Morgan fingerprint density at radius 3 is 1.73 bits per heavy atom. The average Bonchev–Trinajstić information content (AvgIpc) is 3.19. The zero-order valence-electron chi connectivity index (χ0n) is 19.9. The molecule has 37 heavy (non-hydrogen) atoms. The molecule has 2 amide bonds. The molecule has 3 aromatic rings. The summed E-state index contributed by atoms with van der Waals surface area (Å²) in [4.78, 5) is 40.9. The predicted molar refractivity (Wildman–Crippen MR) is 134 cm³/mol. The number of anilines is 1. The molecule has 3 aliphatic carbocycles. The molecule has 1 saturated heterocycles. The Hall–Kier alpha value is -4.70. The molecular formula is C30H22N2O5. The minimum atomic E-state index is -0.921. The van der Waals surface area contributed by atoms with E-state index in [0.717, 1.165) is 22.3 Å². The molecule has 0 aromatic heterocycles. The van der Waals surface area contributed by atoms with Gasteiger partial charge in [-0.3, -0.25) is 9.59 Å². The van der Waals surface area contributed by atoms with Crippen LogP contribution < -0.4 is 4.90 Å². The first-order chi connectivity index (χ1) is 18.0. The highest BCUT2D eigenvalue weighted by Crippen LogP contribution is 2.61. The number of rotatable bonds is 4. The number of nitriles is 1. The normalized spacial score (nSPS) is 23.5. The summed E-state index contributed by atoms with van der Waals surface area (Å²) < 4.78 is 4.83. The monoisotopic (exact) mass is 490 g/mol. The summed E-state index contributed by atoms with van der Waals surface area (Å²) in [6, 6.07) is 23.8. The Kier molecular flexibility index (Phi) is 5.20. The van der Waals surface area contributed by atoms with Crippen LogP contribution in [0.5, 0.6) is 0 Å². The number of aliphatic hydroxyl groups is 1. The molecule has 0 spiro atoms. The number of hydrogen-bond acceptors (Lipinski definition) is 6. The zero-order valence-corrected chi connectivity index (χ0v) is 19.9. The number of carbonyl (C=O) groups excluding carboxylic acids is 3. The summed E-state index contributed by atoms with van der Waals surface area (Å²) in [5.41, 5.74) is 4.47. The van der Waals surface area contributed by atoms with Crippen molar-refractivity contribution in [1.82, 2.24) is 0 Å². The molecule has 2 unspecified atom stereocenters. The van der Waals surface area contributed by atoms with Gasteiger partial charge in [0, 0.05) is 17.4 Å². The van der Waals surface area contributed by atoms with Crippen LogP contribution in [0.2, 0.25) is 0 Å². The van der Waals surface area contributed by atoms with Gasteiger partial charge in [-0.2, -0.15) is 5.26 Å². The molecule has 7 rings (SSSR count). The lowest BCUT2D eigenvalue weighted by Crippen LogP contribution is -2.41. The quantitative estimate of drug-likeness (QED) is 0.191. The maximum absolute atomic E-state index is 13.8. The van der Waals surface area contributed by atoms with E-state index in [2.05, 4.69) is 24.3 Å². The molecule has 7 nitrogen and oxygen atoms in total. The lowest BCUT2D eigenvalue weighted by Gasteiger charge is -2.45. The van der Waals surface area contributed by atoms with Crippen LogP contribution in [0.1, 0.15) is 46.6 Å². The molecule has 3 aromatic carbocycles. The van der Waals surface area contributed by atoms with Crippen LogP contribution in [0, 0.1) is 23.2 Å².